The summed E-state index contributed by atoms with van der Waals surface area (Å²) in [5.41, 5.74) is 1.31. The van der Waals surface area contributed by atoms with Gasteiger partial charge >= 0.3 is 5.97 Å². The lowest BCUT2D eigenvalue weighted by molar-refractivity contribution is 0.0561. The molecule has 4 nitrogen and oxygen atoms in total. The standard InChI is InChI=1S/C16H17F2NO3/c1-10(11-4-5-13(17)14(18)8-11)19(2)9-12-6-7-22-15(12)16(20)21-3/h4-8,10H,9H2,1-3H3. The maximum Gasteiger partial charge on any atom is 0.374 e. The smallest absolute Gasteiger partial charge is 0.374 e. The third kappa shape index (κ3) is 3.33. The minimum absolute atomic E-state index is 0.145. The summed E-state index contributed by atoms with van der Waals surface area (Å²) < 4.78 is 36.1. The predicted molar refractivity (Wildman–Crippen MR) is 76.3 cm³/mol. The van der Waals surface area contributed by atoms with Crippen molar-refractivity contribution in [3.8, 4) is 0 Å². The van der Waals surface area contributed by atoms with E-state index in [1.165, 1.54) is 25.5 Å². The van der Waals surface area contributed by atoms with Gasteiger partial charge in [-0.05, 0) is 37.7 Å². The Morgan fingerprint density at radius 3 is 2.68 bits per heavy atom. The Hall–Kier alpha value is -2.21. The summed E-state index contributed by atoms with van der Waals surface area (Å²) in [6, 6.07) is 5.33. The monoisotopic (exact) mass is 309 g/mol. The number of hydrogen-bond acceptors (Lipinski definition) is 4. The largest absolute Gasteiger partial charge is 0.463 e. The highest BCUT2D eigenvalue weighted by Gasteiger charge is 2.20. The van der Waals surface area contributed by atoms with Crippen molar-refractivity contribution in [2.24, 2.45) is 0 Å². The Morgan fingerprint density at radius 2 is 2.05 bits per heavy atom. The number of ether oxygens (including phenoxy) is 1. The molecule has 118 valence electrons. The Morgan fingerprint density at radius 1 is 1.32 bits per heavy atom. The fourth-order valence-corrected chi connectivity index (χ4v) is 2.16. The van der Waals surface area contributed by atoms with Crippen LogP contribution in [0, 0.1) is 11.6 Å². The van der Waals surface area contributed by atoms with Crippen molar-refractivity contribution >= 4 is 5.97 Å². The third-order valence-electron chi connectivity index (χ3n) is 3.62. The van der Waals surface area contributed by atoms with Gasteiger partial charge in [0.25, 0.3) is 0 Å². The average Bonchev–Trinajstić information content (AvgIpc) is 2.96. The molecule has 0 saturated heterocycles. The van der Waals surface area contributed by atoms with Gasteiger partial charge in [-0.25, -0.2) is 13.6 Å². The molecule has 0 radical (unpaired) electrons. The molecular weight excluding hydrogens is 292 g/mol. The van der Waals surface area contributed by atoms with Gasteiger partial charge in [-0.1, -0.05) is 6.07 Å². The van der Waals surface area contributed by atoms with Gasteiger partial charge in [0, 0.05) is 18.2 Å². The second kappa shape index (κ2) is 6.70. The van der Waals surface area contributed by atoms with Gasteiger partial charge in [-0.2, -0.15) is 0 Å². The molecule has 0 aliphatic rings. The molecule has 1 heterocycles. The molecule has 1 unspecified atom stereocenters. The van der Waals surface area contributed by atoms with Crippen molar-refractivity contribution < 1.29 is 22.7 Å². The number of carbonyl (C=O) groups excluding carboxylic acids is 1. The van der Waals surface area contributed by atoms with Crippen LogP contribution in [0.1, 0.15) is 34.6 Å². The molecule has 2 rings (SSSR count). The summed E-state index contributed by atoms with van der Waals surface area (Å²) >= 11 is 0. The van der Waals surface area contributed by atoms with E-state index in [0.29, 0.717) is 17.7 Å². The van der Waals surface area contributed by atoms with E-state index in [0.717, 1.165) is 6.07 Å². The van der Waals surface area contributed by atoms with E-state index in [1.54, 1.807) is 6.07 Å². The zero-order chi connectivity index (χ0) is 16.3. The van der Waals surface area contributed by atoms with E-state index in [-0.39, 0.29) is 11.8 Å². The maximum absolute atomic E-state index is 13.3. The minimum Gasteiger partial charge on any atom is -0.463 e. The third-order valence-corrected chi connectivity index (χ3v) is 3.62. The van der Waals surface area contributed by atoms with Crippen LogP contribution in [-0.4, -0.2) is 25.0 Å². The van der Waals surface area contributed by atoms with Gasteiger partial charge in [-0.15, -0.1) is 0 Å². The van der Waals surface area contributed by atoms with E-state index < -0.39 is 17.6 Å². The fraction of sp³-hybridized carbons (Fsp3) is 0.312. The average molecular weight is 309 g/mol. The van der Waals surface area contributed by atoms with Crippen LogP contribution in [0.25, 0.3) is 0 Å². The molecule has 0 amide bonds. The molecule has 0 saturated carbocycles. The highest BCUT2D eigenvalue weighted by atomic mass is 19.2. The zero-order valence-electron chi connectivity index (χ0n) is 12.6. The molecule has 0 fully saturated rings. The number of benzene rings is 1. The van der Waals surface area contributed by atoms with Crippen molar-refractivity contribution in [2.45, 2.75) is 19.5 Å². The first-order valence-electron chi connectivity index (χ1n) is 6.74. The fourth-order valence-electron chi connectivity index (χ4n) is 2.16. The van der Waals surface area contributed by atoms with Gasteiger partial charge in [0.2, 0.25) is 5.76 Å². The van der Waals surface area contributed by atoms with Crippen LogP contribution in [0.4, 0.5) is 8.78 Å². The van der Waals surface area contributed by atoms with Crippen molar-refractivity contribution in [3.05, 3.63) is 59.1 Å². The van der Waals surface area contributed by atoms with E-state index >= 15 is 0 Å². The van der Waals surface area contributed by atoms with Crippen LogP contribution in [0.3, 0.4) is 0 Å². The number of halogens is 2. The molecule has 0 aliphatic carbocycles. The lowest BCUT2D eigenvalue weighted by atomic mass is 10.1. The molecule has 1 aromatic carbocycles. The Kier molecular flexibility index (Phi) is 4.92. The summed E-state index contributed by atoms with van der Waals surface area (Å²) in [4.78, 5) is 13.5. The molecule has 0 bridgehead atoms. The van der Waals surface area contributed by atoms with Gasteiger partial charge in [0.05, 0.1) is 13.4 Å². The zero-order valence-corrected chi connectivity index (χ0v) is 12.6. The molecule has 0 aliphatic heterocycles. The van der Waals surface area contributed by atoms with Gasteiger partial charge < -0.3 is 9.15 Å². The summed E-state index contributed by atoms with van der Waals surface area (Å²) in [6.07, 6.45) is 1.41. The summed E-state index contributed by atoms with van der Waals surface area (Å²) in [7, 11) is 3.10. The quantitative estimate of drug-likeness (QED) is 0.792. The van der Waals surface area contributed by atoms with Gasteiger partial charge in [0.1, 0.15) is 0 Å². The lowest BCUT2D eigenvalue weighted by Crippen LogP contribution is -2.23. The summed E-state index contributed by atoms with van der Waals surface area (Å²) in [5, 5.41) is 0. The predicted octanol–water partition coefficient (Wildman–Crippen LogP) is 3.54. The summed E-state index contributed by atoms with van der Waals surface area (Å²) in [5.74, 6) is -2.15. The van der Waals surface area contributed by atoms with Crippen LogP contribution < -0.4 is 0 Å². The number of nitrogens with zero attached hydrogens (tertiary/aromatic N) is 1. The number of methoxy groups -OCH3 is 1. The molecule has 1 aromatic heterocycles. The SMILES string of the molecule is COC(=O)c1occc1CN(C)C(C)c1ccc(F)c(F)c1. The van der Waals surface area contributed by atoms with E-state index in [2.05, 4.69) is 4.74 Å². The topological polar surface area (TPSA) is 42.7 Å². The number of rotatable bonds is 5. The molecular formula is C16H17F2NO3. The number of furan rings is 1. The van der Waals surface area contributed by atoms with E-state index in [1.807, 2.05) is 18.9 Å². The minimum atomic E-state index is -0.878. The maximum atomic E-state index is 13.3. The molecule has 22 heavy (non-hydrogen) atoms. The molecule has 1 atom stereocenters. The van der Waals surface area contributed by atoms with Crippen LogP contribution in [-0.2, 0) is 11.3 Å². The van der Waals surface area contributed by atoms with Crippen LogP contribution in [0.15, 0.2) is 34.9 Å². The molecule has 6 heteroatoms. The van der Waals surface area contributed by atoms with Crippen molar-refractivity contribution in [1.29, 1.82) is 0 Å². The highest BCUT2D eigenvalue weighted by molar-refractivity contribution is 5.87. The Balaban J connectivity index is 2.14. The molecule has 0 spiro atoms. The second-order valence-electron chi connectivity index (χ2n) is 5.03. The van der Waals surface area contributed by atoms with Crippen molar-refractivity contribution in [2.75, 3.05) is 14.2 Å². The molecule has 2 aromatic rings. The van der Waals surface area contributed by atoms with Crippen molar-refractivity contribution in [3.63, 3.8) is 0 Å². The van der Waals surface area contributed by atoms with E-state index in [4.69, 9.17) is 4.42 Å². The Labute approximate surface area is 127 Å². The number of carbonyl (C=O) groups is 1. The van der Waals surface area contributed by atoms with E-state index in [9.17, 15) is 13.6 Å². The van der Waals surface area contributed by atoms with Crippen LogP contribution in [0.2, 0.25) is 0 Å². The summed E-state index contributed by atoms with van der Waals surface area (Å²) in [6.45, 7) is 2.27. The Bertz CT molecular complexity index is 669. The lowest BCUT2D eigenvalue weighted by Gasteiger charge is -2.25. The number of hydrogen-bond donors (Lipinski definition) is 0. The first-order chi connectivity index (χ1) is 10.4. The van der Waals surface area contributed by atoms with Crippen LogP contribution in [0.5, 0.6) is 0 Å². The van der Waals surface area contributed by atoms with Crippen molar-refractivity contribution in [1.82, 2.24) is 4.90 Å². The normalized spacial score (nSPS) is 12.5. The highest BCUT2D eigenvalue weighted by Crippen LogP contribution is 2.24. The van der Waals surface area contributed by atoms with Gasteiger partial charge in [0.15, 0.2) is 11.6 Å². The van der Waals surface area contributed by atoms with Crippen LogP contribution >= 0.6 is 0 Å². The first-order valence-corrected chi connectivity index (χ1v) is 6.74. The van der Waals surface area contributed by atoms with Gasteiger partial charge in [-0.3, -0.25) is 4.90 Å². The first kappa shape index (κ1) is 16.2. The number of esters is 1. The second-order valence-corrected chi connectivity index (χ2v) is 5.03. The molecule has 0 N–H and O–H groups in total.